The zero-order valence-corrected chi connectivity index (χ0v) is 23.1. The van der Waals surface area contributed by atoms with Crippen molar-refractivity contribution in [2.45, 2.75) is 33.1 Å². The average Bonchev–Trinajstić information content (AvgIpc) is 2.99. The lowest BCUT2D eigenvalue weighted by molar-refractivity contribution is 0.0719. The highest BCUT2D eigenvalue weighted by Crippen LogP contribution is 2.30. The minimum Gasteiger partial charge on any atom is -0.423 e. The van der Waals surface area contributed by atoms with Crippen molar-refractivity contribution in [2.75, 3.05) is 7.05 Å². The van der Waals surface area contributed by atoms with Gasteiger partial charge in [0, 0.05) is 18.2 Å². The van der Waals surface area contributed by atoms with Gasteiger partial charge in [0.25, 0.3) is 5.91 Å². The molecule has 2 atom stereocenters. The van der Waals surface area contributed by atoms with E-state index in [4.69, 9.17) is 9.47 Å². The summed E-state index contributed by atoms with van der Waals surface area (Å²) in [6.45, 7) is 6.20. The molecule has 0 aliphatic rings. The van der Waals surface area contributed by atoms with E-state index in [1.54, 1.807) is 26.2 Å². The topological polar surface area (TPSA) is 128 Å². The van der Waals surface area contributed by atoms with Gasteiger partial charge in [0.05, 0.1) is 16.7 Å². The van der Waals surface area contributed by atoms with Crippen LogP contribution < -0.4 is 20.0 Å². The van der Waals surface area contributed by atoms with Crippen LogP contribution in [0.5, 0.6) is 11.5 Å². The average molecular weight is 542 g/mol. The zero-order valence-electron chi connectivity index (χ0n) is 23.1. The number of ether oxygens (including phenoxy) is 2. The van der Waals surface area contributed by atoms with Crippen molar-refractivity contribution in [1.29, 1.82) is 0 Å². The Hall–Kier alpha value is -4.73. The number of esters is 2. The number of carbonyl (C=O) groups is 5. The third-order valence-corrected chi connectivity index (χ3v) is 6.88. The van der Waals surface area contributed by atoms with Crippen molar-refractivity contribution in [3.63, 3.8) is 0 Å². The molecule has 9 nitrogen and oxygen atoms in total. The van der Waals surface area contributed by atoms with Gasteiger partial charge in [-0.3, -0.25) is 14.4 Å². The summed E-state index contributed by atoms with van der Waals surface area (Å²) in [5.41, 5.74) is 1.87. The fourth-order valence-corrected chi connectivity index (χ4v) is 4.09. The number of hydrogen-bond donors (Lipinski definition) is 2. The number of amides is 2. The molecule has 0 spiro atoms. The lowest BCUT2D eigenvalue weighted by Crippen LogP contribution is -2.23. The lowest BCUT2D eigenvalue weighted by Gasteiger charge is -2.22. The molecule has 40 heavy (non-hydrogen) atoms. The molecule has 2 N–H and O–H groups in total. The van der Waals surface area contributed by atoms with Gasteiger partial charge in [-0.25, -0.2) is 9.59 Å². The van der Waals surface area contributed by atoms with Crippen LogP contribution in [0.2, 0.25) is 0 Å². The summed E-state index contributed by atoms with van der Waals surface area (Å²) in [5.74, 6) is -1.30. The largest absolute Gasteiger partial charge is 0.423 e. The molecular weight excluding hydrogens is 511 g/mol. The first-order valence-electron chi connectivity index (χ1n) is 12.8. The Morgan fingerprint density at radius 1 is 0.825 bits per heavy atom. The van der Waals surface area contributed by atoms with Crippen LogP contribution >= 0.6 is 0 Å². The highest BCUT2D eigenvalue weighted by Gasteiger charge is 2.22. The van der Waals surface area contributed by atoms with E-state index in [-0.39, 0.29) is 40.0 Å². The van der Waals surface area contributed by atoms with Gasteiger partial charge >= 0.3 is 11.9 Å². The van der Waals surface area contributed by atoms with E-state index in [1.165, 1.54) is 49.5 Å². The normalized spacial score (nSPS) is 12.0. The van der Waals surface area contributed by atoms with Crippen LogP contribution in [-0.2, 0) is 0 Å². The number of nitrogens with one attached hydrogen (secondary N) is 2. The van der Waals surface area contributed by atoms with Gasteiger partial charge < -0.3 is 20.0 Å². The zero-order chi connectivity index (χ0) is 29.4. The molecule has 0 saturated heterocycles. The van der Waals surface area contributed by atoms with Crippen LogP contribution in [0.4, 0.5) is 0 Å². The Kier molecular flexibility index (Phi) is 9.97. The Morgan fingerprint density at radius 2 is 1.38 bits per heavy atom. The molecular formula is C30H31BN2O7. The standard InChI is InChI=1S/C30H31BN2O7/c1-5-17(2)18(3)25-14-20(8-13-24(25)28(36)33-31)30(38)40-23-11-9-22(10-12-23)39-29(37)19-6-7-21(16-34)26(15-19)27(35)32-4/h6-18H,5,31H2,1-4H3,(H,32,35)(H,33,36). The van der Waals surface area contributed by atoms with Crippen molar-refractivity contribution >= 4 is 38.0 Å². The molecule has 0 fully saturated rings. The molecule has 0 aromatic heterocycles. The van der Waals surface area contributed by atoms with E-state index in [9.17, 15) is 24.0 Å². The maximum atomic E-state index is 12.9. The van der Waals surface area contributed by atoms with E-state index >= 15 is 0 Å². The number of rotatable bonds is 10. The molecule has 206 valence electrons. The number of benzene rings is 3. The van der Waals surface area contributed by atoms with Crippen molar-refractivity contribution in [1.82, 2.24) is 10.5 Å². The summed E-state index contributed by atoms with van der Waals surface area (Å²) in [4.78, 5) is 61.2. The molecule has 2 unspecified atom stereocenters. The van der Waals surface area contributed by atoms with Gasteiger partial charge in [0.15, 0.2) is 6.29 Å². The van der Waals surface area contributed by atoms with E-state index in [0.717, 1.165) is 12.0 Å². The van der Waals surface area contributed by atoms with Gasteiger partial charge in [-0.15, -0.1) is 0 Å². The van der Waals surface area contributed by atoms with Crippen LogP contribution in [0, 0.1) is 5.92 Å². The molecule has 0 heterocycles. The molecule has 0 bridgehead atoms. The van der Waals surface area contributed by atoms with Crippen molar-refractivity contribution in [3.8, 4) is 11.5 Å². The quantitative estimate of drug-likeness (QED) is 0.173. The second-order valence-electron chi connectivity index (χ2n) is 9.30. The molecule has 10 heteroatoms. The molecule has 3 rings (SSSR count). The smallest absolute Gasteiger partial charge is 0.343 e. The summed E-state index contributed by atoms with van der Waals surface area (Å²) in [5, 5.41) is 5.07. The monoisotopic (exact) mass is 542 g/mol. The fraction of sp³-hybridized carbons (Fsp3) is 0.233. The van der Waals surface area contributed by atoms with Crippen LogP contribution in [-0.4, -0.2) is 45.1 Å². The highest BCUT2D eigenvalue weighted by atomic mass is 16.5. The predicted molar refractivity (Wildman–Crippen MR) is 152 cm³/mol. The van der Waals surface area contributed by atoms with Crippen molar-refractivity contribution in [3.05, 3.63) is 94.0 Å². The Morgan fingerprint density at radius 3 is 1.88 bits per heavy atom. The van der Waals surface area contributed by atoms with E-state index in [2.05, 4.69) is 24.4 Å². The SMILES string of the molecule is BNC(=O)c1ccc(C(=O)Oc2ccc(OC(=O)c3ccc(C=O)c(C(=O)NC)c3)cc2)cc1C(C)C(C)CC. The Labute approximate surface area is 233 Å². The number of carbonyl (C=O) groups excluding carboxylic acids is 5. The minimum atomic E-state index is -0.730. The number of hydrogen-bond acceptors (Lipinski definition) is 7. The Balaban J connectivity index is 1.75. The maximum absolute atomic E-state index is 12.9. The first kappa shape index (κ1) is 29.8. The van der Waals surface area contributed by atoms with Gasteiger partial charge in [0.2, 0.25) is 13.9 Å². The third-order valence-electron chi connectivity index (χ3n) is 6.88. The van der Waals surface area contributed by atoms with Gasteiger partial charge in [0.1, 0.15) is 11.5 Å². The fourth-order valence-electron chi connectivity index (χ4n) is 4.09. The summed E-state index contributed by atoms with van der Waals surface area (Å²) < 4.78 is 10.9. The molecule has 3 aromatic carbocycles. The first-order valence-corrected chi connectivity index (χ1v) is 12.8. The van der Waals surface area contributed by atoms with Crippen molar-refractivity contribution in [2.24, 2.45) is 5.92 Å². The van der Waals surface area contributed by atoms with Crippen LogP contribution in [0.25, 0.3) is 0 Å². The van der Waals surface area contributed by atoms with Crippen LogP contribution in [0.3, 0.4) is 0 Å². The van der Waals surface area contributed by atoms with Crippen LogP contribution in [0.1, 0.15) is 90.5 Å². The predicted octanol–water partition coefficient (Wildman–Crippen LogP) is 3.72. The first-order chi connectivity index (χ1) is 19.1. The lowest BCUT2D eigenvalue weighted by atomic mass is 9.83. The highest BCUT2D eigenvalue weighted by molar-refractivity contribution is 6.18. The third kappa shape index (κ3) is 6.82. The van der Waals surface area contributed by atoms with E-state index in [1.807, 2.05) is 6.92 Å². The molecule has 0 saturated carbocycles. The molecule has 0 aliphatic heterocycles. The van der Waals surface area contributed by atoms with E-state index in [0.29, 0.717) is 23.3 Å². The number of aldehydes is 1. The summed E-state index contributed by atoms with van der Waals surface area (Å²) in [7, 11) is 2.98. The van der Waals surface area contributed by atoms with Crippen molar-refractivity contribution < 1.29 is 33.4 Å². The Bertz CT molecular complexity index is 1440. The van der Waals surface area contributed by atoms with Gasteiger partial charge in [-0.1, -0.05) is 33.3 Å². The van der Waals surface area contributed by atoms with Gasteiger partial charge in [-0.2, -0.15) is 0 Å². The van der Waals surface area contributed by atoms with E-state index < -0.39 is 17.8 Å². The summed E-state index contributed by atoms with van der Waals surface area (Å²) in [6, 6.07) is 14.8. The minimum absolute atomic E-state index is 0.0427. The molecule has 0 aliphatic carbocycles. The molecule has 2 amide bonds. The molecule has 0 radical (unpaired) electrons. The maximum Gasteiger partial charge on any atom is 0.343 e. The summed E-state index contributed by atoms with van der Waals surface area (Å²) >= 11 is 0. The molecule has 3 aromatic rings. The van der Waals surface area contributed by atoms with Gasteiger partial charge in [-0.05, 0) is 72.0 Å². The second kappa shape index (κ2) is 13.4. The second-order valence-corrected chi connectivity index (χ2v) is 9.30. The summed E-state index contributed by atoms with van der Waals surface area (Å²) in [6.07, 6.45) is 1.45. The van der Waals surface area contributed by atoms with Crippen LogP contribution in [0.15, 0.2) is 60.7 Å².